The Morgan fingerprint density at radius 2 is 1.58 bits per heavy atom. The Balaban J connectivity index is 2.00. The normalized spacial score (nSPS) is 11.3. The van der Waals surface area contributed by atoms with Crippen LogP contribution in [0.2, 0.25) is 0 Å². The van der Waals surface area contributed by atoms with Crippen molar-refractivity contribution < 1.29 is 13.2 Å². The van der Waals surface area contributed by atoms with Gasteiger partial charge in [0.15, 0.2) is 0 Å². The lowest BCUT2D eigenvalue weighted by Gasteiger charge is -2.14. The number of benzene rings is 3. The molecule has 3 aromatic carbocycles. The topological polar surface area (TPSA) is 55.4 Å². The molecule has 0 spiro atoms. The molecule has 0 fully saturated rings. The fourth-order valence-electron chi connectivity index (χ4n) is 2.68. The molecule has 0 heterocycles. The summed E-state index contributed by atoms with van der Waals surface area (Å²) in [6.07, 6.45) is 0. The van der Waals surface area contributed by atoms with Gasteiger partial charge in [-0.3, -0.25) is 4.72 Å². The third-order valence-electron chi connectivity index (χ3n) is 4.09. The molecule has 5 heteroatoms. The lowest BCUT2D eigenvalue weighted by Crippen LogP contribution is -2.14. The van der Waals surface area contributed by atoms with E-state index >= 15 is 0 Å². The Morgan fingerprint density at radius 3 is 2.23 bits per heavy atom. The smallest absolute Gasteiger partial charge is 0.261 e. The number of anilines is 1. The summed E-state index contributed by atoms with van der Waals surface area (Å²) in [4.78, 5) is 0.233. The summed E-state index contributed by atoms with van der Waals surface area (Å²) in [5, 5.41) is 0. The average Bonchev–Trinajstić information content (AvgIpc) is 2.64. The molecular weight excluding hydrogens is 346 g/mol. The molecule has 0 saturated carbocycles. The second kappa shape index (κ2) is 7.72. The van der Waals surface area contributed by atoms with Gasteiger partial charge in [0.2, 0.25) is 0 Å². The first-order valence-electron chi connectivity index (χ1n) is 8.26. The van der Waals surface area contributed by atoms with E-state index in [4.69, 9.17) is 4.74 Å². The van der Waals surface area contributed by atoms with E-state index in [1.807, 2.05) is 55.5 Å². The van der Waals surface area contributed by atoms with Gasteiger partial charge in [0.05, 0.1) is 17.2 Å². The molecule has 0 aliphatic heterocycles. The molecule has 134 valence electrons. The quantitative estimate of drug-likeness (QED) is 0.692. The second-order valence-corrected chi connectivity index (χ2v) is 7.77. The monoisotopic (exact) mass is 367 g/mol. The Labute approximate surface area is 154 Å². The summed E-state index contributed by atoms with van der Waals surface area (Å²) in [5.41, 5.74) is 4.27. The maximum atomic E-state index is 12.8. The number of hydrogen-bond acceptors (Lipinski definition) is 3. The number of ether oxygens (including phenoxy) is 1. The minimum Gasteiger partial charge on any atom is -0.380 e. The highest BCUT2D eigenvalue weighted by molar-refractivity contribution is 7.92. The van der Waals surface area contributed by atoms with Crippen molar-refractivity contribution in [2.45, 2.75) is 18.4 Å². The Morgan fingerprint density at radius 1 is 0.885 bits per heavy atom. The van der Waals surface area contributed by atoms with E-state index in [2.05, 4.69) is 4.72 Å². The molecule has 0 amide bonds. The Kier molecular flexibility index (Phi) is 5.40. The van der Waals surface area contributed by atoms with Crippen molar-refractivity contribution >= 4 is 15.7 Å². The predicted molar refractivity (Wildman–Crippen MR) is 105 cm³/mol. The van der Waals surface area contributed by atoms with Gasteiger partial charge in [-0.05, 0) is 36.2 Å². The van der Waals surface area contributed by atoms with E-state index in [1.54, 1.807) is 31.4 Å². The van der Waals surface area contributed by atoms with Gasteiger partial charge < -0.3 is 4.74 Å². The average molecular weight is 367 g/mol. The van der Waals surface area contributed by atoms with Crippen LogP contribution in [-0.2, 0) is 21.4 Å². The molecule has 0 unspecified atom stereocenters. The van der Waals surface area contributed by atoms with Crippen molar-refractivity contribution in [2.24, 2.45) is 0 Å². The summed E-state index contributed by atoms with van der Waals surface area (Å²) in [6.45, 7) is 2.24. The zero-order valence-electron chi connectivity index (χ0n) is 14.8. The Hall–Kier alpha value is -2.63. The lowest BCUT2D eigenvalue weighted by atomic mass is 10.0. The summed E-state index contributed by atoms with van der Waals surface area (Å²) >= 11 is 0. The minimum absolute atomic E-state index is 0.233. The summed E-state index contributed by atoms with van der Waals surface area (Å²) < 4.78 is 33.5. The highest BCUT2D eigenvalue weighted by Gasteiger charge is 2.16. The van der Waals surface area contributed by atoms with E-state index in [0.29, 0.717) is 12.3 Å². The summed E-state index contributed by atoms with van der Waals surface area (Å²) in [6, 6.07) is 22.3. The largest absolute Gasteiger partial charge is 0.380 e. The maximum Gasteiger partial charge on any atom is 0.261 e. The molecule has 0 atom stereocenters. The molecule has 0 aliphatic carbocycles. The molecule has 3 aromatic rings. The summed E-state index contributed by atoms with van der Waals surface area (Å²) in [7, 11) is -2.09. The standard InChI is InChI=1S/C21H21NO3S/c1-16-8-12-20(13-9-16)26(23,24)22-21-14-18(10-11-19(21)15-25-2)17-6-4-3-5-7-17/h3-14,22H,15H2,1-2H3. The minimum atomic E-state index is -3.68. The highest BCUT2D eigenvalue weighted by Crippen LogP contribution is 2.28. The fourth-order valence-corrected chi connectivity index (χ4v) is 3.78. The molecule has 0 radical (unpaired) electrons. The van der Waals surface area contributed by atoms with Gasteiger partial charge in [-0.15, -0.1) is 0 Å². The molecule has 3 rings (SSSR count). The van der Waals surface area contributed by atoms with Crippen LogP contribution in [0.15, 0.2) is 77.7 Å². The van der Waals surface area contributed by atoms with Gasteiger partial charge in [0, 0.05) is 12.7 Å². The van der Waals surface area contributed by atoms with Crippen LogP contribution in [0.4, 0.5) is 5.69 Å². The molecule has 4 nitrogen and oxygen atoms in total. The van der Waals surface area contributed by atoms with Crippen molar-refractivity contribution in [3.8, 4) is 11.1 Å². The number of hydrogen-bond donors (Lipinski definition) is 1. The van der Waals surface area contributed by atoms with Gasteiger partial charge in [0.1, 0.15) is 0 Å². The van der Waals surface area contributed by atoms with Gasteiger partial charge in [-0.1, -0.05) is 60.2 Å². The van der Waals surface area contributed by atoms with E-state index < -0.39 is 10.0 Å². The van der Waals surface area contributed by atoms with Crippen LogP contribution in [0.3, 0.4) is 0 Å². The zero-order valence-corrected chi connectivity index (χ0v) is 15.6. The molecule has 0 aromatic heterocycles. The van der Waals surface area contributed by atoms with Crippen molar-refractivity contribution in [2.75, 3.05) is 11.8 Å². The molecule has 0 aliphatic rings. The number of aryl methyl sites for hydroxylation is 1. The van der Waals surface area contributed by atoms with Crippen LogP contribution in [0.1, 0.15) is 11.1 Å². The van der Waals surface area contributed by atoms with Crippen molar-refractivity contribution in [1.82, 2.24) is 0 Å². The zero-order chi connectivity index (χ0) is 18.6. The van der Waals surface area contributed by atoms with Gasteiger partial charge in [-0.2, -0.15) is 0 Å². The number of sulfonamides is 1. The first-order chi connectivity index (χ1) is 12.5. The predicted octanol–water partition coefficient (Wildman–Crippen LogP) is 4.61. The fraction of sp³-hybridized carbons (Fsp3) is 0.143. The van der Waals surface area contributed by atoms with E-state index in [0.717, 1.165) is 22.3 Å². The van der Waals surface area contributed by atoms with Crippen molar-refractivity contribution in [3.63, 3.8) is 0 Å². The van der Waals surface area contributed by atoms with Gasteiger partial charge in [0.25, 0.3) is 10.0 Å². The molecule has 0 saturated heterocycles. The Bertz CT molecular complexity index is 982. The first kappa shape index (κ1) is 18.2. The lowest BCUT2D eigenvalue weighted by molar-refractivity contribution is 0.185. The first-order valence-corrected chi connectivity index (χ1v) is 9.75. The van der Waals surface area contributed by atoms with Gasteiger partial charge in [-0.25, -0.2) is 8.42 Å². The third kappa shape index (κ3) is 4.12. The molecule has 1 N–H and O–H groups in total. The van der Waals surface area contributed by atoms with E-state index in [9.17, 15) is 8.42 Å². The molecular formula is C21H21NO3S. The number of rotatable bonds is 6. The van der Waals surface area contributed by atoms with Crippen LogP contribution >= 0.6 is 0 Å². The number of nitrogens with one attached hydrogen (secondary N) is 1. The SMILES string of the molecule is COCc1ccc(-c2ccccc2)cc1NS(=O)(=O)c1ccc(C)cc1. The molecule has 0 bridgehead atoms. The maximum absolute atomic E-state index is 12.8. The van der Waals surface area contributed by atoms with Crippen LogP contribution in [-0.4, -0.2) is 15.5 Å². The van der Waals surface area contributed by atoms with E-state index in [1.165, 1.54) is 0 Å². The van der Waals surface area contributed by atoms with Crippen LogP contribution in [0.5, 0.6) is 0 Å². The van der Waals surface area contributed by atoms with Crippen LogP contribution < -0.4 is 4.72 Å². The van der Waals surface area contributed by atoms with Crippen LogP contribution in [0, 0.1) is 6.92 Å². The number of methoxy groups -OCH3 is 1. The van der Waals surface area contributed by atoms with Crippen molar-refractivity contribution in [3.05, 3.63) is 83.9 Å². The molecule has 26 heavy (non-hydrogen) atoms. The van der Waals surface area contributed by atoms with Gasteiger partial charge >= 0.3 is 0 Å². The third-order valence-corrected chi connectivity index (χ3v) is 5.47. The van der Waals surface area contributed by atoms with Crippen LogP contribution in [0.25, 0.3) is 11.1 Å². The second-order valence-electron chi connectivity index (χ2n) is 6.09. The highest BCUT2D eigenvalue weighted by atomic mass is 32.2. The summed E-state index contributed by atoms with van der Waals surface area (Å²) in [5.74, 6) is 0. The van der Waals surface area contributed by atoms with Crippen molar-refractivity contribution in [1.29, 1.82) is 0 Å². The van der Waals surface area contributed by atoms with E-state index in [-0.39, 0.29) is 4.90 Å².